The van der Waals surface area contributed by atoms with Crippen molar-refractivity contribution in [3.8, 4) is 0 Å². The van der Waals surface area contributed by atoms with E-state index >= 15 is 0 Å². The van der Waals surface area contributed by atoms with Gasteiger partial charge in [0, 0.05) is 16.2 Å². The van der Waals surface area contributed by atoms with Crippen molar-refractivity contribution in [3.63, 3.8) is 0 Å². The zero-order chi connectivity index (χ0) is 17.0. The van der Waals surface area contributed by atoms with Crippen LogP contribution in [-0.4, -0.2) is 0 Å². The number of rotatable bonds is 2. The van der Waals surface area contributed by atoms with Crippen LogP contribution in [0.2, 0.25) is 0 Å². The van der Waals surface area contributed by atoms with Crippen LogP contribution in [0.15, 0.2) is 68.3 Å². The topological polar surface area (TPSA) is 35.5 Å². The first-order valence-electron chi connectivity index (χ1n) is 8.88. The minimum absolute atomic E-state index is 0.0774. The number of allylic oxidation sites excluding steroid dienone is 2. The molecule has 2 aliphatic rings. The summed E-state index contributed by atoms with van der Waals surface area (Å²) in [5.41, 5.74) is 3.18. The summed E-state index contributed by atoms with van der Waals surface area (Å²) in [4.78, 5) is 0. The van der Waals surface area contributed by atoms with Gasteiger partial charge in [0.2, 0.25) is 0 Å². The number of para-hydroxylation sites is 2. The molecule has 2 aliphatic carbocycles. The molecule has 128 valence electrons. The second-order valence-corrected chi connectivity index (χ2v) is 8.58. The molecule has 3 aromatic rings. The van der Waals surface area contributed by atoms with E-state index in [1.807, 2.05) is 36.4 Å². The molecule has 0 amide bonds. The predicted octanol–water partition coefficient (Wildman–Crippen LogP) is 6.81. The summed E-state index contributed by atoms with van der Waals surface area (Å²) in [5.74, 6) is 1.80. The molecule has 0 N–H and O–H groups in total. The molecule has 0 saturated heterocycles. The number of fused-ring (bicyclic) bond motifs is 5. The van der Waals surface area contributed by atoms with Crippen LogP contribution in [0.3, 0.4) is 0 Å². The van der Waals surface area contributed by atoms with Gasteiger partial charge >= 0.3 is 8.24 Å². The Morgan fingerprint density at radius 1 is 0.960 bits per heavy atom. The van der Waals surface area contributed by atoms with Gasteiger partial charge in [-0.05, 0) is 42.9 Å². The largest absolute Gasteiger partial charge is 0.452 e. The van der Waals surface area contributed by atoms with E-state index in [0.29, 0.717) is 5.92 Å². The first kappa shape index (κ1) is 15.2. The van der Waals surface area contributed by atoms with Crippen molar-refractivity contribution in [3.05, 3.63) is 59.9 Å². The van der Waals surface area contributed by atoms with Crippen molar-refractivity contribution < 1.29 is 12.9 Å². The molecule has 0 radical (unpaired) electrons. The highest BCUT2D eigenvalue weighted by Crippen LogP contribution is 2.56. The van der Waals surface area contributed by atoms with Crippen LogP contribution < -0.4 is 4.52 Å². The van der Waals surface area contributed by atoms with Gasteiger partial charge in [-0.25, -0.2) is 0 Å². The van der Waals surface area contributed by atoms with Crippen LogP contribution in [0.1, 0.15) is 33.1 Å². The van der Waals surface area contributed by atoms with Gasteiger partial charge in [0.05, 0.1) is 0 Å². The Bertz CT molecular complexity index is 987. The van der Waals surface area contributed by atoms with Gasteiger partial charge < -0.3 is 12.9 Å². The molecule has 1 unspecified atom stereocenters. The van der Waals surface area contributed by atoms with E-state index in [-0.39, 0.29) is 5.41 Å². The van der Waals surface area contributed by atoms with Crippen molar-refractivity contribution in [1.82, 2.24) is 0 Å². The molecule has 25 heavy (non-hydrogen) atoms. The van der Waals surface area contributed by atoms with Crippen LogP contribution in [0.25, 0.3) is 21.9 Å². The molecule has 1 heterocycles. The number of hydrogen-bond donors (Lipinski definition) is 0. The standard InChI is InChI=1S/C21H21O3P/c1-21(2)15-12-11-14(13-15)20(21)24-25-22-18-9-5-3-7-16(18)17-8-4-6-10-19(17)23-25/h3-10,15H,11-13H2,1-2H3. The maximum atomic E-state index is 6.40. The molecule has 0 aliphatic heterocycles. The molecular formula is C21H21O3P. The molecular weight excluding hydrogens is 331 g/mol. The third kappa shape index (κ3) is 2.33. The van der Waals surface area contributed by atoms with Crippen LogP contribution in [0.4, 0.5) is 0 Å². The van der Waals surface area contributed by atoms with Gasteiger partial charge in [0.25, 0.3) is 0 Å². The fourth-order valence-corrected chi connectivity index (χ4v) is 5.59. The van der Waals surface area contributed by atoms with Gasteiger partial charge in [-0.1, -0.05) is 50.2 Å². The van der Waals surface area contributed by atoms with E-state index < -0.39 is 8.24 Å². The summed E-state index contributed by atoms with van der Waals surface area (Å²) >= 11 is 0. The normalized spacial score (nSPS) is 21.3. The Morgan fingerprint density at radius 2 is 1.56 bits per heavy atom. The lowest BCUT2D eigenvalue weighted by molar-refractivity contribution is 0.220. The second kappa shape index (κ2) is 5.44. The van der Waals surface area contributed by atoms with Crippen molar-refractivity contribution in [2.24, 2.45) is 11.3 Å². The average Bonchev–Trinajstić information content (AvgIpc) is 3.13. The minimum Gasteiger partial charge on any atom is -0.395 e. The van der Waals surface area contributed by atoms with Crippen molar-refractivity contribution in [1.29, 1.82) is 0 Å². The van der Waals surface area contributed by atoms with E-state index in [4.69, 9.17) is 12.9 Å². The maximum absolute atomic E-state index is 6.40. The van der Waals surface area contributed by atoms with Gasteiger partial charge in [-0.2, -0.15) is 0 Å². The van der Waals surface area contributed by atoms with Crippen molar-refractivity contribution in [2.45, 2.75) is 33.1 Å². The summed E-state index contributed by atoms with van der Waals surface area (Å²) in [6, 6.07) is 16.1. The fraction of sp³-hybridized carbons (Fsp3) is 0.333. The zero-order valence-corrected chi connectivity index (χ0v) is 15.4. The Kier molecular flexibility index (Phi) is 3.30. The zero-order valence-electron chi connectivity index (χ0n) is 14.5. The molecule has 3 nitrogen and oxygen atoms in total. The summed E-state index contributed by atoms with van der Waals surface area (Å²) in [6.07, 6.45) is 3.60. The van der Waals surface area contributed by atoms with Crippen LogP contribution in [0, 0.1) is 11.3 Å². The second-order valence-electron chi connectivity index (χ2n) is 7.58. The van der Waals surface area contributed by atoms with Crippen LogP contribution >= 0.6 is 8.24 Å². The van der Waals surface area contributed by atoms with Crippen LogP contribution in [-0.2, 0) is 0 Å². The Hall–Kier alpha value is -2.12. The van der Waals surface area contributed by atoms with E-state index in [1.165, 1.54) is 18.4 Å². The van der Waals surface area contributed by atoms with E-state index in [0.717, 1.165) is 34.1 Å². The highest BCUT2D eigenvalue weighted by atomic mass is 31.1. The lowest BCUT2D eigenvalue weighted by Gasteiger charge is -2.30. The fourth-order valence-electron chi connectivity index (χ4n) is 4.32. The van der Waals surface area contributed by atoms with Gasteiger partial charge in [-0.15, -0.1) is 0 Å². The number of hydrogen-bond acceptors (Lipinski definition) is 3. The first-order chi connectivity index (χ1) is 12.1. The predicted molar refractivity (Wildman–Crippen MR) is 101 cm³/mol. The highest BCUT2D eigenvalue weighted by Gasteiger charge is 2.47. The monoisotopic (exact) mass is 352 g/mol. The Morgan fingerprint density at radius 3 is 2.12 bits per heavy atom. The summed E-state index contributed by atoms with van der Waals surface area (Å²) < 4.78 is 18.8. The lowest BCUT2D eigenvalue weighted by Crippen LogP contribution is -2.24. The maximum Gasteiger partial charge on any atom is 0.452 e. The van der Waals surface area contributed by atoms with Crippen molar-refractivity contribution >= 4 is 30.2 Å². The van der Waals surface area contributed by atoms with Gasteiger partial charge in [0.15, 0.2) is 0 Å². The first-order valence-corrected chi connectivity index (χ1v) is 9.97. The van der Waals surface area contributed by atoms with E-state index in [1.54, 1.807) is 0 Å². The molecule has 1 fully saturated rings. The Balaban J connectivity index is 1.72. The lowest BCUT2D eigenvalue weighted by atomic mass is 9.78. The molecule has 4 heteroatoms. The third-order valence-corrected chi connectivity index (χ3v) is 6.81. The minimum atomic E-state index is -1.51. The molecule has 5 rings (SSSR count). The molecule has 1 atom stereocenters. The Labute approximate surface area is 147 Å². The molecule has 1 aromatic heterocycles. The summed E-state index contributed by atoms with van der Waals surface area (Å²) in [7, 11) is -1.51. The van der Waals surface area contributed by atoms with Crippen LogP contribution in [0.5, 0.6) is 0 Å². The summed E-state index contributed by atoms with van der Waals surface area (Å²) in [5, 5.41) is 2.10. The average molecular weight is 352 g/mol. The SMILES string of the molecule is CC1(C)C(Op2oc3ccccc3c3ccccc3o2)=C2CCC1C2. The molecule has 2 aromatic carbocycles. The number of benzene rings is 2. The van der Waals surface area contributed by atoms with Gasteiger partial charge in [-0.3, -0.25) is 0 Å². The third-order valence-electron chi connectivity index (χ3n) is 5.79. The molecule has 0 spiro atoms. The van der Waals surface area contributed by atoms with E-state index in [9.17, 15) is 0 Å². The summed E-state index contributed by atoms with van der Waals surface area (Å²) in [6.45, 7) is 4.57. The highest BCUT2D eigenvalue weighted by molar-refractivity contribution is 7.32. The smallest absolute Gasteiger partial charge is 0.395 e. The molecule has 2 bridgehead atoms. The van der Waals surface area contributed by atoms with Gasteiger partial charge in [0.1, 0.15) is 16.9 Å². The quantitative estimate of drug-likeness (QED) is 0.508. The van der Waals surface area contributed by atoms with Crippen molar-refractivity contribution in [2.75, 3.05) is 0 Å². The molecule has 1 saturated carbocycles. The van der Waals surface area contributed by atoms with E-state index in [2.05, 4.69) is 26.0 Å².